The van der Waals surface area contributed by atoms with E-state index in [9.17, 15) is 4.79 Å². The third-order valence-electron chi connectivity index (χ3n) is 2.13. The molecule has 4 heteroatoms. The zero-order valence-corrected chi connectivity index (χ0v) is 8.96. The Morgan fingerprint density at radius 3 is 3.25 bits per heavy atom. The van der Waals surface area contributed by atoms with Crippen molar-refractivity contribution in [2.45, 2.75) is 6.92 Å². The molecule has 0 amide bonds. The first kappa shape index (κ1) is 10.4. The molecule has 0 saturated carbocycles. The van der Waals surface area contributed by atoms with E-state index in [0.717, 1.165) is 11.0 Å². The molecule has 0 N–H and O–H groups in total. The van der Waals surface area contributed by atoms with Gasteiger partial charge in [-0.2, -0.15) is 0 Å². The maximum absolute atomic E-state index is 11.1. The van der Waals surface area contributed by atoms with Crippen LogP contribution < -0.4 is 0 Å². The number of nitrogens with zero attached hydrogens (tertiary/aromatic N) is 2. The summed E-state index contributed by atoms with van der Waals surface area (Å²) < 4.78 is 6.58. The van der Waals surface area contributed by atoms with Crippen molar-refractivity contribution in [1.29, 1.82) is 0 Å². The lowest BCUT2D eigenvalue weighted by Gasteiger charge is -1.97. The quantitative estimate of drug-likeness (QED) is 0.582. The minimum atomic E-state index is -0.347. The highest BCUT2D eigenvalue weighted by atomic mass is 16.5. The van der Waals surface area contributed by atoms with Gasteiger partial charge in [0.2, 0.25) is 0 Å². The fraction of sp³-hybridized carbons (Fsp3) is 0.167. The third kappa shape index (κ3) is 2.11. The fourth-order valence-corrected chi connectivity index (χ4v) is 1.44. The minimum absolute atomic E-state index is 0.347. The van der Waals surface area contributed by atoms with Crippen molar-refractivity contribution in [3.63, 3.8) is 0 Å². The molecule has 16 heavy (non-hydrogen) atoms. The van der Waals surface area contributed by atoms with Gasteiger partial charge in [-0.1, -0.05) is 0 Å². The van der Waals surface area contributed by atoms with Gasteiger partial charge in [0.15, 0.2) is 0 Å². The van der Waals surface area contributed by atoms with Gasteiger partial charge in [-0.15, -0.1) is 0 Å². The molecule has 0 aliphatic heterocycles. The molecule has 2 heterocycles. The average Bonchev–Trinajstić information content (AvgIpc) is 2.70. The Labute approximate surface area is 93.2 Å². The topological polar surface area (TPSA) is 44.1 Å². The number of carbonyl (C=O) groups excluding carboxylic acids is 1. The van der Waals surface area contributed by atoms with Crippen LogP contribution in [0.1, 0.15) is 6.92 Å². The van der Waals surface area contributed by atoms with Gasteiger partial charge < -0.3 is 9.30 Å². The second-order valence-electron chi connectivity index (χ2n) is 3.21. The number of fused-ring (bicyclic) bond motifs is 1. The molecule has 0 atom stereocenters. The maximum atomic E-state index is 11.1. The first-order valence-electron chi connectivity index (χ1n) is 5.08. The predicted molar refractivity (Wildman–Crippen MR) is 61.7 cm³/mol. The molecule has 2 aromatic heterocycles. The fourth-order valence-electron chi connectivity index (χ4n) is 1.44. The third-order valence-corrected chi connectivity index (χ3v) is 2.13. The number of aromatic nitrogens is 2. The van der Waals surface area contributed by atoms with Gasteiger partial charge in [0.05, 0.1) is 6.61 Å². The molecular weight excluding hydrogens is 204 g/mol. The van der Waals surface area contributed by atoms with E-state index in [1.54, 1.807) is 23.9 Å². The van der Waals surface area contributed by atoms with Crippen molar-refractivity contribution in [1.82, 2.24) is 9.55 Å². The van der Waals surface area contributed by atoms with Gasteiger partial charge >= 0.3 is 5.97 Å². The highest BCUT2D eigenvalue weighted by Gasteiger charge is 1.99. The molecular formula is C12H12N2O2. The van der Waals surface area contributed by atoms with Crippen molar-refractivity contribution in [3.05, 3.63) is 36.7 Å². The molecule has 0 saturated heterocycles. The summed E-state index contributed by atoms with van der Waals surface area (Å²) in [6.45, 7) is 2.16. The van der Waals surface area contributed by atoms with Crippen LogP contribution in [0.2, 0.25) is 0 Å². The maximum Gasteiger partial charge on any atom is 0.332 e. The first-order valence-corrected chi connectivity index (χ1v) is 5.08. The normalized spacial score (nSPS) is 11.1. The van der Waals surface area contributed by atoms with E-state index < -0.39 is 0 Å². The Morgan fingerprint density at radius 1 is 1.56 bits per heavy atom. The molecule has 0 aromatic carbocycles. The predicted octanol–water partition coefficient (Wildman–Crippen LogP) is 2.07. The van der Waals surface area contributed by atoms with E-state index in [-0.39, 0.29) is 5.97 Å². The van der Waals surface area contributed by atoms with Crippen LogP contribution in [0, 0.1) is 0 Å². The van der Waals surface area contributed by atoms with Crippen molar-refractivity contribution >= 4 is 23.2 Å². The van der Waals surface area contributed by atoms with E-state index in [0.29, 0.717) is 6.61 Å². The first-order chi connectivity index (χ1) is 7.81. The Morgan fingerprint density at radius 2 is 2.44 bits per heavy atom. The molecule has 82 valence electrons. The van der Waals surface area contributed by atoms with E-state index in [4.69, 9.17) is 4.74 Å². The van der Waals surface area contributed by atoms with Gasteiger partial charge in [-0.3, -0.25) is 0 Å². The van der Waals surface area contributed by atoms with Gasteiger partial charge in [0.25, 0.3) is 0 Å². The molecule has 0 fully saturated rings. The van der Waals surface area contributed by atoms with E-state index >= 15 is 0 Å². The van der Waals surface area contributed by atoms with Crippen LogP contribution in [0.15, 0.2) is 36.7 Å². The smallest absolute Gasteiger partial charge is 0.332 e. The molecule has 2 aromatic rings. The van der Waals surface area contributed by atoms with Crippen LogP contribution in [-0.2, 0) is 9.53 Å². The summed E-state index contributed by atoms with van der Waals surface area (Å²) >= 11 is 0. The lowest BCUT2D eigenvalue weighted by molar-refractivity contribution is -0.137. The summed E-state index contributed by atoms with van der Waals surface area (Å²) in [5.41, 5.74) is 0.822. The minimum Gasteiger partial charge on any atom is -0.463 e. The number of carbonyl (C=O) groups is 1. The highest BCUT2D eigenvalue weighted by Crippen LogP contribution is 2.12. The standard InChI is InChI=1S/C12H12N2O2/c1-2-16-11(15)6-9-14-8-5-10-4-3-7-13-12(10)14/h3-9H,2H2,1H3/b9-6+. The van der Waals surface area contributed by atoms with Gasteiger partial charge in [0, 0.05) is 30.1 Å². The summed E-state index contributed by atoms with van der Waals surface area (Å²) in [5.74, 6) is -0.347. The number of hydrogen-bond donors (Lipinski definition) is 0. The molecule has 2 rings (SSSR count). The lowest BCUT2D eigenvalue weighted by Crippen LogP contribution is -1.99. The summed E-state index contributed by atoms with van der Waals surface area (Å²) in [6.07, 6.45) is 6.61. The Kier molecular flexibility index (Phi) is 3.00. The van der Waals surface area contributed by atoms with Crippen LogP contribution in [-0.4, -0.2) is 22.1 Å². The lowest BCUT2D eigenvalue weighted by atomic mass is 10.3. The van der Waals surface area contributed by atoms with Crippen molar-refractivity contribution in [3.8, 4) is 0 Å². The number of hydrogen-bond acceptors (Lipinski definition) is 3. The summed E-state index contributed by atoms with van der Waals surface area (Å²) in [4.78, 5) is 15.4. The van der Waals surface area contributed by atoms with Crippen molar-refractivity contribution < 1.29 is 9.53 Å². The van der Waals surface area contributed by atoms with Crippen LogP contribution in [0.3, 0.4) is 0 Å². The molecule has 0 aliphatic carbocycles. The van der Waals surface area contributed by atoms with Crippen LogP contribution >= 0.6 is 0 Å². The van der Waals surface area contributed by atoms with E-state index in [1.165, 1.54) is 6.08 Å². The zero-order chi connectivity index (χ0) is 11.4. The monoisotopic (exact) mass is 216 g/mol. The van der Waals surface area contributed by atoms with Crippen LogP contribution in [0.25, 0.3) is 17.2 Å². The molecule has 0 unspecified atom stereocenters. The summed E-state index contributed by atoms with van der Waals surface area (Å²) in [6, 6.07) is 5.79. The molecule has 0 spiro atoms. The van der Waals surface area contributed by atoms with Gasteiger partial charge in [-0.25, -0.2) is 9.78 Å². The largest absolute Gasteiger partial charge is 0.463 e. The Balaban J connectivity index is 2.24. The van der Waals surface area contributed by atoms with E-state index in [1.807, 2.05) is 24.4 Å². The Hall–Kier alpha value is -2.10. The summed E-state index contributed by atoms with van der Waals surface area (Å²) in [5, 5.41) is 1.04. The number of pyridine rings is 1. The second kappa shape index (κ2) is 4.61. The molecule has 0 radical (unpaired) electrons. The van der Waals surface area contributed by atoms with E-state index in [2.05, 4.69) is 4.98 Å². The number of rotatable bonds is 3. The van der Waals surface area contributed by atoms with Crippen LogP contribution in [0.5, 0.6) is 0 Å². The van der Waals surface area contributed by atoms with Crippen LogP contribution in [0.4, 0.5) is 0 Å². The SMILES string of the molecule is CCOC(=O)/C=C/n1ccc2cccnc21. The number of ether oxygens (including phenoxy) is 1. The average molecular weight is 216 g/mol. The molecule has 4 nitrogen and oxygen atoms in total. The molecule has 0 bridgehead atoms. The zero-order valence-electron chi connectivity index (χ0n) is 8.96. The highest BCUT2D eigenvalue weighted by molar-refractivity contribution is 5.86. The second-order valence-corrected chi connectivity index (χ2v) is 3.21. The Bertz CT molecular complexity index is 529. The summed E-state index contributed by atoms with van der Waals surface area (Å²) in [7, 11) is 0. The van der Waals surface area contributed by atoms with Crippen molar-refractivity contribution in [2.75, 3.05) is 6.61 Å². The number of esters is 1. The molecule has 0 aliphatic rings. The van der Waals surface area contributed by atoms with Crippen molar-refractivity contribution in [2.24, 2.45) is 0 Å². The van der Waals surface area contributed by atoms with Gasteiger partial charge in [0.1, 0.15) is 5.65 Å². The van der Waals surface area contributed by atoms with Gasteiger partial charge in [-0.05, 0) is 25.1 Å².